The van der Waals surface area contributed by atoms with Crippen LogP contribution in [0.1, 0.15) is 11.1 Å². The minimum atomic E-state index is -0.0794. The molecule has 1 aromatic carbocycles. The van der Waals surface area contributed by atoms with Crippen molar-refractivity contribution in [3.8, 4) is 0 Å². The first kappa shape index (κ1) is 18.6. The molecule has 0 saturated carbocycles. The number of rotatable bonds is 5. The Hall–Kier alpha value is -1.76. The van der Waals surface area contributed by atoms with Gasteiger partial charge in [-0.15, -0.1) is 24.2 Å². The molecule has 2 aromatic rings. The molecule has 0 aliphatic carbocycles. The number of nitrogens with zero attached hydrogens (tertiary/aromatic N) is 1. The number of carbonyl (C=O) groups is 1. The molecule has 128 valence electrons. The van der Waals surface area contributed by atoms with Gasteiger partial charge in [0.15, 0.2) is 0 Å². The van der Waals surface area contributed by atoms with Crippen molar-refractivity contribution in [2.24, 2.45) is 0 Å². The van der Waals surface area contributed by atoms with Gasteiger partial charge in [-0.1, -0.05) is 30.3 Å². The standard InChI is InChI=1S/C17H19N3O2S.ClH/c21-16-3-1-2-8-20(16)10-14-6-4-13(5-7-14)9-18-17(22)15-11-23-12-19-15;/h1-8,15,19H,9-12H2,(H,18,22);1H. The summed E-state index contributed by atoms with van der Waals surface area (Å²) in [5, 5.41) is 6.10. The fourth-order valence-corrected chi connectivity index (χ4v) is 3.37. The van der Waals surface area contributed by atoms with E-state index in [1.165, 1.54) is 0 Å². The summed E-state index contributed by atoms with van der Waals surface area (Å²) in [6, 6.07) is 13.0. The molecule has 1 unspecified atom stereocenters. The fraction of sp³-hybridized carbons (Fsp3) is 0.294. The molecule has 1 aliphatic heterocycles. The van der Waals surface area contributed by atoms with E-state index in [2.05, 4.69) is 10.6 Å². The van der Waals surface area contributed by atoms with Crippen molar-refractivity contribution in [3.63, 3.8) is 0 Å². The summed E-state index contributed by atoms with van der Waals surface area (Å²) < 4.78 is 1.67. The van der Waals surface area contributed by atoms with E-state index in [-0.39, 0.29) is 29.9 Å². The number of benzene rings is 1. The molecule has 3 rings (SSSR count). The molecule has 1 aromatic heterocycles. The SMILES string of the molecule is Cl.O=C(NCc1ccc(Cn2ccccc2=O)cc1)C1CSCN1. The zero-order valence-electron chi connectivity index (χ0n) is 13.1. The Morgan fingerprint density at radius 1 is 1.21 bits per heavy atom. The lowest BCUT2D eigenvalue weighted by Gasteiger charge is -2.11. The van der Waals surface area contributed by atoms with Crippen molar-refractivity contribution >= 4 is 30.1 Å². The van der Waals surface area contributed by atoms with Gasteiger partial charge in [0.2, 0.25) is 5.91 Å². The van der Waals surface area contributed by atoms with Crippen molar-refractivity contribution in [3.05, 3.63) is 70.1 Å². The van der Waals surface area contributed by atoms with Crippen LogP contribution >= 0.6 is 24.2 Å². The van der Waals surface area contributed by atoms with E-state index in [4.69, 9.17) is 0 Å². The van der Waals surface area contributed by atoms with Gasteiger partial charge in [0, 0.05) is 30.4 Å². The van der Waals surface area contributed by atoms with Crippen molar-refractivity contribution in [2.45, 2.75) is 19.1 Å². The van der Waals surface area contributed by atoms with Gasteiger partial charge in [-0.3, -0.25) is 14.9 Å². The summed E-state index contributed by atoms with van der Waals surface area (Å²) in [6.45, 7) is 1.07. The van der Waals surface area contributed by atoms with Gasteiger partial charge < -0.3 is 9.88 Å². The van der Waals surface area contributed by atoms with Gasteiger partial charge in [0.05, 0.1) is 12.6 Å². The lowest BCUT2D eigenvalue weighted by atomic mass is 10.1. The Bertz CT molecular complexity index is 727. The summed E-state index contributed by atoms with van der Waals surface area (Å²) in [4.78, 5) is 23.6. The second-order valence-corrected chi connectivity index (χ2v) is 6.50. The molecular weight excluding hydrogens is 346 g/mol. The number of hydrogen-bond donors (Lipinski definition) is 2. The van der Waals surface area contributed by atoms with Crippen molar-refractivity contribution in [2.75, 3.05) is 11.6 Å². The lowest BCUT2D eigenvalue weighted by molar-refractivity contribution is -0.122. The van der Waals surface area contributed by atoms with E-state index in [1.807, 2.05) is 30.3 Å². The maximum Gasteiger partial charge on any atom is 0.250 e. The molecule has 1 atom stereocenters. The van der Waals surface area contributed by atoms with Crippen molar-refractivity contribution in [1.29, 1.82) is 0 Å². The second-order valence-electron chi connectivity index (χ2n) is 5.47. The molecule has 2 N–H and O–H groups in total. The third-order valence-corrected chi connectivity index (χ3v) is 4.71. The summed E-state index contributed by atoms with van der Waals surface area (Å²) in [5.74, 6) is 1.72. The Morgan fingerprint density at radius 3 is 2.62 bits per heavy atom. The van der Waals surface area contributed by atoms with E-state index in [1.54, 1.807) is 34.7 Å². The quantitative estimate of drug-likeness (QED) is 0.844. The molecule has 1 fully saturated rings. The van der Waals surface area contributed by atoms with Gasteiger partial charge in [-0.2, -0.15) is 0 Å². The van der Waals surface area contributed by atoms with Crippen LogP contribution in [0.3, 0.4) is 0 Å². The Labute approximate surface area is 151 Å². The van der Waals surface area contributed by atoms with E-state index in [9.17, 15) is 9.59 Å². The summed E-state index contributed by atoms with van der Waals surface area (Å²) in [7, 11) is 0. The molecule has 0 bridgehead atoms. The third kappa shape index (κ3) is 4.87. The summed E-state index contributed by atoms with van der Waals surface area (Å²) in [6.07, 6.45) is 1.78. The maximum atomic E-state index is 11.9. The van der Waals surface area contributed by atoms with Crippen LogP contribution < -0.4 is 16.2 Å². The fourth-order valence-electron chi connectivity index (χ4n) is 2.43. The first-order valence-corrected chi connectivity index (χ1v) is 8.70. The van der Waals surface area contributed by atoms with E-state index < -0.39 is 0 Å². The molecular formula is C17H20ClN3O2S. The Balaban J connectivity index is 0.00000208. The smallest absolute Gasteiger partial charge is 0.250 e. The number of amides is 1. The predicted octanol–water partition coefficient (Wildman–Crippen LogP) is 1.60. The van der Waals surface area contributed by atoms with Crippen LogP contribution in [0.2, 0.25) is 0 Å². The molecule has 1 saturated heterocycles. The number of thioether (sulfide) groups is 1. The number of nitrogens with one attached hydrogen (secondary N) is 2. The van der Waals surface area contributed by atoms with Gasteiger partial charge in [0.1, 0.15) is 0 Å². The lowest BCUT2D eigenvalue weighted by Crippen LogP contribution is -2.41. The number of pyridine rings is 1. The van der Waals surface area contributed by atoms with Gasteiger partial charge >= 0.3 is 0 Å². The largest absolute Gasteiger partial charge is 0.351 e. The predicted molar refractivity (Wildman–Crippen MR) is 99.6 cm³/mol. The molecule has 5 nitrogen and oxygen atoms in total. The average Bonchev–Trinajstić information content (AvgIpc) is 3.11. The highest BCUT2D eigenvalue weighted by Crippen LogP contribution is 2.10. The highest BCUT2D eigenvalue weighted by molar-refractivity contribution is 7.99. The molecule has 1 aliphatic rings. The van der Waals surface area contributed by atoms with E-state index in [0.717, 1.165) is 22.8 Å². The van der Waals surface area contributed by atoms with Crippen LogP contribution in [0, 0.1) is 0 Å². The van der Waals surface area contributed by atoms with Crippen LogP contribution in [0.15, 0.2) is 53.5 Å². The van der Waals surface area contributed by atoms with E-state index >= 15 is 0 Å². The maximum absolute atomic E-state index is 11.9. The number of carbonyl (C=O) groups excluding carboxylic acids is 1. The Kier molecular flexibility index (Phi) is 6.90. The molecule has 7 heteroatoms. The monoisotopic (exact) mass is 365 g/mol. The highest BCUT2D eigenvalue weighted by Gasteiger charge is 2.21. The third-order valence-electron chi connectivity index (χ3n) is 3.77. The number of hydrogen-bond acceptors (Lipinski definition) is 4. The van der Waals surface area contributed by atoms with Crippen LogP contribution in [-0.2, 0) is 17.9 Å². The minimum Gasteiger partial charge on any atom is -0.351 e. The van der Waals surface area contributed by atoms with Crippen LogP contribution in [0.25, 0.3) is 0 Å². The molecule has 0 radical (unpaired) electrons. The van der Waals surface area contributed by atoms with Crippen molar-refractivity contribution < 1.29 is 4.79 Å². The molecule has 1 amide bonds. The highest BCUT2D eigenvalue weighted by atomic mass is 35.5. The molecule has 0 spiro atoms. The van der Waals surface area contributed by atoms with Gasteiger partial charge in [0.25, 0.3) is 5.56 Å². The molecule has 24 heavy (non-hydrogen) atoms. The Morgan fingerprint density at radius 2 is 1.96 bits per heavy atom. The zero-order valence-corrected chi connectivity index (χ0v) is 14.7. The first-order chi connectivity index (χ1) is 11.2. The van der Waals surface area contributed by atoms with Crippen LogP contribution in [-0.4, -0.2) is 28.1 Å². The summed E-state index contributed by atoms with van der Waals surface area (Å²) in [5.41, 5.74) is 2.10. The molecule has 2 heterocycles. The van der Waals surface area contributed by atoms with Crippen LogP contribution in [0.5, 0.6) is 0 Å². The topological polar surface area (TPSA) is 63.1 Å². The van der Waals surface area contributed by atoms with E-state index in [0.29, 0.717) is 13.1 Å². The van der Waals surface area contributed by atoms with Crippen LogP contribution in [0.4, 0.5) is 0 Å². The number of aromatic nitrogens is 1. The summed E-state index contributed by atoms with van der Waals surface area (Å²) >= 11 is 1.74. The number of halogens is 1. The zero-order chi connectivity index (χ0) is 16.1. The normalized spacial score (nSPS) is 16.4. The van der Waals surface area contributed by atoms with Gasteiger partial charge in [-0.05, 0) is 17.2 Å². The van der Waals surface area contributed by atoms with Gasteiger partial charge in [-0.25, -0.2) is 0 Å². The minimum absolute atomic E-state index is 0. The second kappa shape index (κ2) is 8.92. The average molecular weight is 366 g/mol. The first-order valence-electron chi connectivity index (χ1n) is 7.54. The van der Waals surface area contributed by atoms with Crippen molar-refractivity contribution in [1.82, 2.24) is 15.2 Å².